The zero-order valence-corrected chi connectivity index (χ0v) is 13.2. The van der Waals surface area contributed by atoms with Crippen molar-refractivity contribution < 1.29 is 9.15 Å². The Kier molecular flexibility index (Phi) is 4.57. The van der Waals surface area contributed by atoms with Crippen molar-refractivity contribution in [2.75, 3.05) is 11.9 Å². The van der Waals surface area contributed by atoms with Crippen LogP contribution in [0.2, 0.25) is 0 Å². The quantitative estimate of drug-likeness (QED) is 0.735. The van der Waals surface area contributed by atoms with E-state index in [9.17, 15) is 0 Å². The van der Waals surface area contributed by atoms with Gasteiger partial charge in [-0.3, -0.25) is 0 Å². The second-order valence-corrected chi connectivity index (χ2v) is 5.13. The van der Waals surface area contributed by atoms with E-state index < -0.39 is 0 Å². The van der Waals surface area contributed by atoms with Crippen LogP contribution in [0.25, 0.3) is 11.5 Å². The van der Waals surface area contributed by atoms with E-state index in [0.717, 1.165) is 17.0 Å². The summed E-state index contributed by atoms with van der Waals surface area (Å²) in [7, 11) is 0. The zero-order valence-electron chi connectivity index (χ0n) is 13.2. The molecule has 0 spiro atoms. The van der Waals surface area contributed by atoms with Gasteiger partial charge in [-0.2, -0.15) is 0 Å². The fourth-order valence-corrected chi connectivity index (χ4v) is 2.23. The van der Waals surface area contributed by atoms with Crippen LogP contribution < -0.4 is 10.1 Å². The van der Waals surface area contributed by atoms with E-state index >= 15 is 0 Å². The lowest BCUT2D eigenvalue weighted by Gasteiger charge is -2.12. The highest BCUT2D eigenvalue weighted by molar-refractivity contribution is 5.52. The molecule has 0 amide bonds. The summed E-state index contributed by atoms with van der Waals surface area (Å²) < 4.78 is 11.2. The number of hydrogen-bond donors (Lipinski definition) is 1. The monoisotopic (exact) mass is 309 g/mol. The Labute approximate surface area is 135 Å². The summed E-state index contributed by atoms with van der Waals surface area (Å²) in [6.45, 7) is 4.61. The van der Waals surface area contributed by atoms with Gasteiger partial charge in [0.15, 0.2) is 0 Å². The number of anilines is 1. The molecule has 0 saturated heterocycles. The molecule has 118 valence electrons. The van der Waals surface area contributed by atoms with Gasteiger partial charge in [0.2, 0.25) is 11.8 Å². The van der Waals surface area contributed by atoms with Crippen molar-refractivity contribution in [3.63, 3.8) is 0 Å². The first-order valence-corrected chi connectivity index (χ1v) is 7.64. The molecular weight excluding hydrogens is 290 g/mol. The summed E-state index contributed by atoms with van der Waals surface area (Å²) in [6.07, 6.45) is 0. The predicted molar refractivity (Wildman–Crippen MR) is 89.4 cm³/mol. The van der Waals surface area contributed by atoms with Crippen molar-refractivity contribution in [3.05, 3.63) is 60.5 Å². The lowest BCUT2D eigenvalue weighted by atomic mass is 10.2. The van der Waals surface area contributed by atoms with Gasteiger partial charge >= 0.3 is 0 Å². The predicted octanol–water partition coefficient (Wildman–Crippen LogP) is 4.31. The maximum Gasteiger partial charge on any atom is 0.247 e. The first-order valence-electron chi connectivity index (χ1n) is 7.64. The van der Waals surface area contributed by atoms with Crippen LogP contribution >= 0.6 is 0 Å². The minimum absolute atomic E-state index is 0.0853. The maximum absolute atomic E-state index is 5.76. The molecule has 0 aliphatic heterocycles. The third-order valence-electron chi connectivity index (χ3n) is 3.38. The molecule has 0 aliphatic carbocycles. The smallest absolute Gasteiger partial charge is 0.247 e. The van der Waals surface area contributed by atoms with Crippen LogP contribution in [0.1, 0.15) is 25.8 Å². The standard InChI is InChI=1S/C18H19N3O2/c1-3-22-16-11-9-15(10-12-16)19-13(2)17-20-21-18(23-17)14-7-5-4-6-8-14/h4-13,19H,3H2,1-2H3. The van der Waals surface area contributed by atoms with Crippen LogP contribution in [0, 0.1) is 0 Å². The minimum Gasteiger partial charge on any atom is -0.494 e. The molecule has 5 nitrogen and oxygen atoms in total. The summed E-state index contributed by atoms with van der Waals surface area (Å²) in [6, 6.07) is 17.5. The Morgan fingerprint density at radius 1 is 1.04 bits per heavy atom. The van der Waals surface area contributed by atoms with Gasteiger partial charge in [-0.1, -0.05) is 18.2 Å². The van der Waals surface area contributed by atoms with Crippen molar-refractivity contribution in [1.82, 2.24) is 10.2 Å². The van der Waals surface area contributed by atoms with E-state index in [1.807, 2.05) is 68.4 Å². The molecule has 2 aromatic carbocycles. The Morgan fingerprint density at radius 3 is 2.48 bits per heavy atom. The maximum atomic E-state index is 5.76. The molecule has 0 aliphatic rings. The molecule has 0 fully saturated rings. The summed E-state index contributed by atoms with van der Waals surface area (Å²) in [4.78, 5) is 0. The van der Waals surface area contributed by atoms with Gasteiger partial charge in [0, 0.05) is 11.3 Å². The van der Waals surface area contributed by atoms with E-state index in [1.165, 1.54) is 0 Å². The van der Waals surface area contributed by atoms with Gasteiger partial charge in [0.1, 0.15) is 11.8 Å². The molecule has 1 N–H and O–H groups in total. The Balaban J connectivity index is 1.69. The second-order valence-electron chi connectivity index (χ2n) is 5.13. The number of hydrogen-bond acceptors (Lipinski definition) is 5. The van der Waals surface area contributed by atoms with Crippen LogP contribution in [-0.2, 0) is 0 Å². The van der Waals surface area contributed by atoms with Gasteiger partial charge < -0.3 is 14.5 Å². The molecule has 0 saturated carbocycles. The minimum atomic E-state index is -0.0853. The van der Waals surface area contributed by atoms with Gasteiger partial charge in [-0.05, 0) is 50.2 Å². The van der Waals surface area contributed by atoms with E-state index in [4.69, 9.17) is 9.15 Å². The zero-order chi connectivity index (χ0) is 16.1. The summed E-state index contributed by atoms with van der Waals surface area (Å²) in [5.41, 5.74) is 1.89. The van der Waals surface area contributed by atoms with Gasteiger partial charge in [-0.15, -0.1) is 10.2 Å². The Bertz CT molecular complexity index is 738. The highest BCUT2D eigenvalue weighted by Gasteiger charge is 2.14. The number of rotatable bonds is 6. The van der Waals surface area contributed by atoms with Crippen molar-refractivity contribution >= 4 is 5.69 Å². The largest absolute Gasteiger partial charge is 0.494 e. The summed E-state index contributed by atoms with van der Waals surface area (Å²) >= 11 is 0. The number of ether oxygens (including phenoxy) is 1. The van der Waals surface area contributed by atoms with Crippen LogP contribution in [0.4, 0.5) is 5.69 Å². The molecule has 1 atom stereocenters. The Morgan fingerprint density at radius 2 is 1.78 bits per heavy atom. The average molecular weight is 309 g/mol. The molecule has 5 heteroatoms. The summed E-state index contributed by atoms with van der Waals surface area (Å²) in [5.74, 6) is 1.94. The molecule has 3 rings (SSSR count). The van der Waals surface area contributed by atoms with Crippen molar-refractivity contribution in [2.45, 2.75) is 19.9 Å². The molecule has 0 bridgehead atoms. The van der Waals surface area contributed by atoms with Crippen LogP contribution in [0.3, 0.4) is 0 Å². The average Bonchev–Trinajstić information content (AvgIpc) is 3.08. The molecular formula is C18H19N3O2. The third-order valence-corrected chi connectivity index (χ3v) is 3.38. The van der Waals surface area contributed by atoms with E-state index in [-0.39, 0.29) is 6.04 Å². The van der Waals surface area contributed by atoms with Crippen molar-refractivity contribution in [2.24, 2.45) is 0 Å². The fraction of sp³-hybridized carbons (Fsp3) is 0.222. The third kappa shape index (κ3) is 3.69. The number of benzene rings is 2. The molecule has 23 heavy (non-hydrogen) atoms. The second kappa shape index (κ2) is 6.96. The molecule has 1 heterocycles. The molecule has 1 aromatic heterocycles. The first kappa shape index (κ1) is 15.1. The van der Waals surface area contributed by atoms with E-state index in [2.05, 4.69) is 15.5 Å². The van der Waals surface area contributed by atoms with E-state index in [1.54, 1.807) is 0 Å². The normalized spacial score (nSPS) is 11.9. The molecule has 0 radical (unpaired) electrons. The molecule has 1 unspecified atom stereocenters. The van der Waals surface area contributed by atoms with Gasteiger partial charge in [0.25, 0.3) is 0 Å². The number of nitrogens with one attached hydrogen (secondary N) is 1. The SMILES string of the molecule is CCOc1ccc(NC(C)c2nnc(-c3ccccc3)o2)cc1. The summed E-state index contributed by atoms with van der Waals surface area (Å²) in [5, 5.41) is 11.6. The lowest BCUT2D eigenvalue weighted by molar-refractivity contribution is 0.340. The van der Waals surface area contributed by atoms with Crippen molar-refractivity contribution in [1.29, 1.82) is 0 Å². The van der Waals surface area contributed by atoms with Crippen LogP contribution in [0.15, 0.2) is 59.0 Å². The van der Waals surface area contributed by atoms with Gasteiger partial charge in [-0.25, -0.2) is 0 Å². The topological polar surface area (TPSA) is 60.2 Å². The van der Waals surface area contributed by atoms with Crippen LogP contribution in [0.5, 0.6) is 5.75 Å². The first-order chi connectivity index (χ1) is 11.3. The number of nitrogens with zero attached hydrogens (tertiary/aromatic N) is 2. The van der Waals surface area contributed by atoms with Crippen LogP contribution in [-0.4, -0.2) is 16.8 Å². The van der Waals surface area contributed by atoms with Gasteiger partial charge in [0.05, 0.1) is 6.61 Å². The molecule has 3 aromatic rings. The Hall–Kier alpha value is -2.82. The highest BCUT2D eigenvalue weighted by atomic mass is 16.5. The lowest BCUT2D eigenvalue weighted by Crippen LogP contribution is -2.06. The van der Waals surface area contributed by atoms with E-state index in [0.29, 0.717) is 18.4 Å². The fourth-order valence-electron chi connectivity index (χ4n) is 2.23. The number of aromatic nitrogens is 2. The van der Waals surface area contributed by atoms with Crippen molar-refractivity contribution in [3.8, 4) is 17.2 Å². The highest BCUT2D eigenvalue weighted by Crippen LogP contribution is 2.24.